The van der Waals surface area contributed by atoms with Gasteiger partial charge in [0.1, 0.15) is 0 Å². The van der Waals surface area contributed by atoms with Crippen LogP contribution in [0.1, 0.15) is 41.0 Å². The number of hydrogen-bond acceptors (Lipinski definition) is 5. The molecule has 0 aliphatic rings. The molecule has 27 heavy (non-hydrogen) atoms. The number of nitrogens with one attached hydrogen (secondary N) is 2. The molecule has 8 heteroatoms. The Hall–Kier alpha value is -2.71. The zero-order valence-electron chi connectivity index (χ0n) is 15.4. The Morgan fingerprint density at radius 2 is 1.74 bits per heavy atom. The second kappa shape index (κ2) is 8.79. The maximum Gasteiger partial charge on any atom is 0.337 e. The van der Waals surface area contributed by atoms with Crippen molar-refractivity contribution >= 4 is 27.6 Å². The van der Waals surface area contributed by atoms with Crippen LogP contribution in [-0.2, 0) is 14.8 Å². The van der Waals surface area contributed by atoms with E-state index in [2.05, 4.69) is 14.8 Å². The average Bonchev–Trinajstić information content (AvgIpc) is 2.67. The molecule has 2 N–H and O–H groups in total. The van der Waals surface area contributed by atoms with Crippen molar-refractivity contribution in [2.24, 2.45) is 0 Å². The number of esters is 1. The first-order valence-corrected chi connectivity index (χ1v) is 9.87. The fraction of sp³-hybridized carbons (Fsp3) is 0.263. The van der Waals surface area contributed by atoms with Crippen molar-refractivity contribution in [3.05, 3.63) is 59.7 Å². The van der Waals surface area contributed by atoms with Crippen LogP contribution in [0, 0.1) is 0 Å². The van der Waals surface area contributed by atoms with E-state index in [9.17, 15) is 18.0 Å². The molecular formula is C19H22N2O5S. The summed E-state index contributed by atoms with van der Waals surface area (Å²) in [6, 6.07) is 11.8. The molecule has 0 heterocycles. The smallest absolute Gasteiger partial charge is 0.337 e. The summed E-state index contributed by atoms with van der Waals surface area (Å²) in [5.41, 5.74) is 1.03. The van der Waals surface area contributed by atoms with Crippen molar-refractivity contribution in [2.75, 3.05) is 12.4 Å². The van der Waals surface area contributed by atoms with E-state index in [1.54, 1.807) is 25.1 Å². The van der Waals surface area contributed by atoms with Gasteiger partial charge < -0.3 is 10.1 Å². The van der Waals surface area contributed by atoms with E-state index in [0.29, 0.717) is 23.2 Å². The number of benzene rings is 2. The summed E-state index contributed by atoms with van der Waals surface area (Å²) >= 11 is 0. The quantitative estimate of drug-likeness (QED) is 0.708. The second-order valence-corrected chi connectivity index (χ2v) is 7.70. The Morgan fingerprint density at radius 1 is 1.07 bits per heavy atom. The van der Waals surface area contributed by atoms with Crippen LogP contribution in [0.2, 0.25) is 0 Å². The van der Waals surface area contributed by atoms with E-state index in [4.69, 9.17) is 0 Å². The van der Waals surface area contributed by atoms with Gasteiger partial charge in [-0.05, 0) is 55.8 Å². The third kappa shape index (κ3) is 5.38. The number of hydrogen-bond donors (Lipinski definition) is 2. The molecule has 0 radical (unpaired) electrons. The molecule has 1 unspecified atom stereocenters. The summed E-state index contributed by atoms with van der Waals surface area (Å²) in [7, 11) is -2.35. The van der Waals surface area contributed by atoms with Crippen molar-refractivity contribution in [1.82, 2.24) is 4.72 Å². The minimum absolute atomic E-state index is 0.0899. The fourth-order valence-electron chi connectivity index (χ4n) is 2.25. The molecular weight excluding hydrogens is 368 g/mol. The molecule has 2 aromatic rings. The molecule has 0 fully saturated rings. The number of methoxy groups -OCH3 is 1. The van der Waals surface area contributed by atoms with Crippen molar-refractivity contribution in [3.63, 3.8) is 0 Å². The van der Waals surface area contributed by atoms with E-state index < -0.39 is 21.9 Å². The van der Waals surface area contributed by atoms with Gasteiger partial charge in [-0.2, -0.15) is 0 Å². The Bertz CT molecular complexity index is 923. The zero-order chi connectivity index (χ0) is 20.0. The standard InChI is InChI=1S/C19H22N2O5S/c1-4-13(2)21-27(24,25)17-10-8-14(9-11-17)18(22)20-16-7-5-6-15(12-16)19(23)26-3/h5-13,21H,4H2,1-3H3,(H,20,22). The van der Waals surface area contributed by atoms with Gasteiger partial charge in [-0.3, -0.25) is 4.79 Å². The molecule has 0 aliphatic carbocycles. The van der Waals surface area contributed by atoms with Crippen LogP contribution >= 0.6 is 0 Å². The van der Waals surface area contributed by atoms with Crippen molar-refractivity contribution in [2.45, 2.75) is 31.2 Å². The van der Waals surface area contributed by atoms with Gasteiger partial charge in [0.15, 0.2) is 0 Å². The van der Waals surface area contributed by atoms with E-state index >= 15 is 0 Å². The van der Waals surface area contributed by atoms with E-state index in [-0.39, 0.29) is 10.9 Å². The number of rotatable bonds is 7. The lowest BCUT2D eigenvalue weighted by Gasteiger charge is -2.12. The number of ether oxygens (including phenoxy) is 1. The van der Waals surface area contributed by atoms with Gasteiger partial charge in [-0.15, -0.1) is 0 Å². The van der Waals surface area contributed by atoms with Crippen LogP contribution in [0.25, 0.3) is 0 Å². The lowest BCUT2D eigenvalue weighted by atomic mass is 10.1. The summed E-state index contributed by atoms with van der Waals surface area (Å²) in [6.07, 6.45) is 0.671. The van der Waals surface area contributed by atoms with E-state index in [1.807, 2.05) is 6.92 Å². The van der Waals surface area contributed by atoms with Crippen molar-refractivity contribution in [3.8, 4) is 0 Å². The summed E-state index contributed by atoms with van der Waals surface area (Å²) in [6.45, 7) is 3.66. The van der Waals surface area contributed by atoms with Gasteiger partial charge in [0.2, 0.25) is 10.0 Å². The van der Waals surface area contributed by atoms with Crippen molar-refractivity contribution < 1.29 is 22.7 Å². The molecule has 0 saturated heterocycles. The van der Waals surface area contributed by atoms with Gasteiger partial charge in [0.05, 0.1) is 17.6 Å². The van der Waals surface area contributed by atoms with Gasteiger partial charge in [-0.1, -0.05) is 13.0 Å². The molecule has 0 aromatic heterocycles. The minimum atomic E-state index is -3.62. The Morgan fingerprint density at radius 3 is 2.33 bits per heavy atom. The molecule has 0 bridgehead atoms. The van der Waals surface area contributed by atoms with Gasteiger partial charge in [-0.25, -0.2) is 17.9 Å². The number of sulfonamides is 1. The second-order valence-electron chi connectivity index (χ2n) is 5.98. The number of anilines is 1. The largest absolute Gasteiger partial charge is 0.465 e. The molecule has 2 aromatic carbocycles. The molecule has 1 amide bonds. The van der Waals surface area contributed by atoms with Crippen molar-refractivity contribution in [1.29, 1.82) is 0 Å². The highest BCUT2D eigenvalue weighted by Crippen LogP contribution is 2.15. The third-order valence-electron chi connectivity index (χ3n) is 3.94. The SMILES string of the molecule is CCC(C)NS(=O)(=O)c1ccc(C(=O)Nc2cccc(C(=O)OC)c2)cc1. The van der Waals surface area contributed by atoms with E-state index in [0.717, 1.165) is 0 Å². The first kappa shape index (κ1) is 20.6. The highest BCUT2D eigenvalue weighted by Gasteiger charge is 2.17. The molecule has 0 saturated carbocycles. The highest BCUT2D eigenvalue weighted by molar-refractivity contribution is 7.89. The predicted octanol–water partition coefficient (Wildman–Crippen LogP) is 2.80. The number of amides is 1. The first-order chi connectivity index (χ1) is 12.8. The average molecular weight is 390 g/mol. The monoisotopic (exact) mass is 390 g/mol. The topological polar surface area (TPSA) is 102 Å². The van der Waals surface area contributed by atoms with Crippen LogP contribution < -0.4 is 10.0 Å². The maximum atomic E-state index is 12.4. The number of carbonyl (C=O) groups is 2. The van der Waals surface area contributed by atoms with Crippen LogP contribution in [0.5, 0.6) is 0 Å². The summed E-state index contributed by atoms with van der Waals surface area (Å²) in [4.78, 5) is 24.0. The third-order valence-corrected chi connectivity index (χ3v) is 5.54. The maximum absolute atomic E-state index is 12.4. The van der Waals surface area contributed by atoms with Gasteiger partial charge in [0.25, 0.3) is 5.91 Å². The fourth-order valence-corrected chi connectivity index (χ4v) is 3.57. The molecule has 2 rings (SSSR count). The lowest BCUT2D eigenvalue weighted by Crippen LogP contribution is -2.32. The Balaban J connectivity index is 2.13. The summed E-state index contributed by atoms with van der Waals surface area (Å²) in [5.74, 6) is -0.926. The van der Waals surface area contributed by atoms with Gasteiger partial charge >= 0.3 is 5.97 Å². The van der Waals surface area contributed by atoms with Crippen LogP contribution in [-0.4, -0.2) is 33.4 Å². The summed E-state index contributed by atoms with van der Waals surface area (Å²) < 4.78 is 31.7. The van der Waals surface area contributed by atoms with Crippen LogP contribution in [0.4, 0.5) is 5.69 Å². The lowest BCUT2D eigenvalue weighted by molar-refractivity contribution is 0.0600. The molecule has 0 aliphatic heterocycles. The molecule has 144 valence electrons. The minimum Gasteiger partial charge on any atom is -0.465 e. The molecule has 7 nitrogen and oxygen atoms in total. The Kier molecular flexibility index (Phi) is 6.70. The van der Waals surface area contributed by atoms with Gasteiger partial charge in [0, 0.05) is 17.3 Å². The van der Waals surface area contributed by atoms with E-state index in [1.165, 1.54) is 37.4 Å². The summed E-state index contributed by atoms with van der Waals surface area (Å²) in [5, 5.41) is 2.67. The normalized spacial score (nSPS) is 12.3. The molecule has 1 atom stereocenters. The first-order valence-electron chi connectivity index (χ1n) is 8.39. The number of carbonyl (C=O) groups excluding carboxylic acids is 2. The predicted molar refractivity (Wildman–Crippen MR) is 102 cm³/mol. The van der Waals surface area contributed by atoms with Crippen LogP contribution in [0.3, 0.4) is 0 Å². The zero-order valence-corrected chi connectivity index (χ0v) is 16.2. The van der Waals surface area contributed by atoms with Crippen LogP contribution in [0.15, 0.2) is 53.4 Å². The Labute approximate surface area is 158 Å². The molecule has 0 spiro atoms. The highest BCUT2D eigenvalue weighted by atomic mass is 32.2.